The van der Waals surface area contributed by atoms with Gasteiger partial charge in [-0.2, -0.15) is 0 Å². The van der Waals surface area contributed by atoms with Crippen molar-refractivity contribution in [3.8, 4) is 0 Å². The summed E-state index contributed by atoms with van der Waals surface area (Å²) in [6.45, 7) is 12.1. The second-order valence-electron chi connectivity index (χ2n) is 6.71. The van der Waals surface area contributed by atoms with Crippen LogP contribution in [0.15, 0.2) is 12.2 Å². The first-order valence-corrected chi connectivity index (χ1v) is 6.06. The second kappa shape index (κ2) is 5.83. The third-order valence-electron chi connectivity index (χ3n) is 2.88. The minimum absolute atomic E-state index is 0.0764. The van der Waals surface area contributed by atoms with E-state index in [1.165, 1.54) is 0 Å². The first-order chi connectivity index (χ1) is 7.05. The molecule has 0 aliphatic carbocycles. The Labute approximate surface area is 100 Å². The van der Waals surface area contributed by atoms with E-state index in [0.29, 0.717) is 12.8 Å². The van der Waals surface area contributed by atoms with Gasteiger partial charge >= 0.3 is 0 Å². The van der Waals surface area contributed by atoms with Gasteiger partial charge in [0.05, 0.1) is 12.2 Å². The summed E-state index contributed by atoms with van der Waals surface area (Å²) in [5, 5.41) is 19.6. The average molecular weight is 228 g/mol. The normalized spacial score (nSPS) is 17.8. The summed E-state index contributed by atoms with van der Waals surface area (Å²) in [4.78, 5) is 0. The molecule has 0 rings (SSSR count). The molecular weight excluding hydrogens is 200 g/mol. The van der Waals surface area contributed by atoms with E-state index in [2.05, 4.69) is 0 Å². The standard InChI is InChI=1S/C14H28O2/c1-13(2,3)11(15)9-7-8-10-12(16)14(4,5)6/h7-8,11-12,15-16H,9-10H2,1-6H3/b8-7-. The lowest BCUT2D eigenvalue weighted by Crippen LogP contribution is -2.26. The lowest BCUT2D eigenvalue weighted by atomic mass is 9.86. The molecule has 2 unspecified atom stereocenters. The fourth-order valence-corrected chi connectivity index (χ4v) is 1.16. The fourth-order valence-electron chi connectivity index (χ4n) is 1.16. The summed E-state index contributed by atoms with van der Waals surface area (Å²) in [5.41, 5.74) is -0.153. The molecule has 0 amide bonds. The summed E-state index contributed by atoms with van der Waals surface area (Å²) >= 11 is 0. The largest absolute Gasteiger partial charge is 0.392 e. The Morgan fingerprint density at radius 3 is 1.19 bits per heavy atom. The molecule has 16 heavy (non-hydrogen) atoms. The van der Waals surface area contributed by atoms with Crippen LogP contribution >= 0.6 is 0 Å². The predicted molar refractivity (Wildman–Crippen MR) is 69.3 cm³/mol. The van der Waals surface area contributed by atoms with Gasteiger partial charge in [0, 0.05) is 0 Å². The minimum Gasteiger partial charge on any atom is -0.392 e. The van der Waals surface area contributed by atoms with E-state index < -0.39 is 0 Å². The zero-order valence-electron chi connectivity index (χ0n) is 11.6. The number of rotatable bonds is 4. The SMILES string of the molecule is CC(C)(C)C(O)C/C=C\CC(O)C(C)(C)C. The summed E-state index contributed by atoms with van der Waals surface area (Å²) in [6.07, 6.45) is 4.59. The van der Waals surface area contributed by atoms with Crippen LogP contribution in [0, 0.1) is 10.8 Å². The van der Waals surface area contributed by atoms with E-state index >= 15 is 0 Å². The Hall–Kier alpha value is -0.340. The van der Waals surface area contributed by atoms with Gasteiger partial charge in [-0.3, -0.25) is 0 Å². The van der Waals surface area contributed by atoms with Gasteiger partial charge in [0.15, 0.2) is 0 Å². The molecule has 0 aliphatic heterocycles. The molecule has 2 N–H and O–H groups in total. The Morgan fingerprint density at radius 2 is 1.00 bits per heavy atom. The molecule has 0 bridgehead atoms. The quantitative estimate of drug-likeness (QED) is 0.726. The highest BCUT2D eigenvalue weighted by molar-refractivity contribution is 4.90. The molecule has 0 aliphatic rings. The van der Waals surface area contributed by atoms with Crippen LogP contribution in [0.4, 0.5) is 0 Å². The van der Waals surface area contributed by atoms with Crippen LogP contribution in [0.2, 0.25) is 0 Å². The number of aliphatic hydroxyl groups is 2. The topological polar surface area (TPSA) is 40.5 Å². The molecule has 96 valence electrons. The van der Waals surface area contributed by atoms with E-state index in [1.807, 2.05) is 53.7 Å². The first-order valence-electron chi connectivity index (χ1n) is 6.06. The average Bonchev–Trinajstić information content (AvgIpc) is 2.08. The van der Waals surface area contributed by atoms with Crippen LogP contribution in [0.3, 0.4) is 0 Å². The van der Waals surface area contributed by atoms with Crippen molar-refractivity contribution >= 4 is 0 Å². The zero-order chi connectivity index (χ0) is 13.0. The molecule has 0 fully saturated rings. The van der Waals surface area contributed by atoms with Crippen molar-refractivity contribution in [1.82, 2.24) is 0 Å². The molecule has 0 aromatic heterocycles. The second-order valence-corrected chi connectivity index (χ2v) is 6.71. The Kier molecular flexibility index (Phi) is 5.71. The van der Waals surface area contributed by atoms with Crippen molar-refractivity contribution in [2.75, 3.05) is 0 Å². The van der Waals surface area contributed by atoms with Crippen LogP contribution in [-0.2, 0) is 0 Å². The number of hydrogen-bond donors (Lipinski definition) is 2. The van der Waals surface area contributed by atoms with Crippen LogP contribution in [-0.4, -0.2) is 22.4 Å². The minimum atomic E-state index is -0.324. The molecular formula is C14H28O2. The van der Waals surface area contributed by atoms with Gasteiger partial charge in [-0.05, 0) is 23.7 Å². The molecule has 0 heterocycles. The van der Waals surface area contributed by atoms with Gasteiger partial charge < -0.3 is 10.2 Å². The Balaban J connectivity index is 3.96. The molecule has 2 atom stereocenters. The Morgan fingerprint density at radius 1 is 0.750 bits per heavy atom. The smallest absolute Gasteiger partial charge is 0.0622 e. The van der Waals surface area contributed by atoms with E-state index in [1.54, 1.807) is 0 Å². The third-order valence-corrected chi connectivity index (χ3v) is 2.88. The van der Waals surface area contributed by atoms with Gasteiger partial charge in [-0.25, -0.2) is 0 Å². The van der Waals surface area contributed by atoms with Crippen molar-refractivity contribution in [3.05, 3.63) is 12.2 Å². The van der Waals surface area contributed by atoms with Crippen LogP contribution in [0.1, 0.15) is 54.4 Å². The molecule has 2 nitrogen and oxygen atoms in total. The lowest BCUT2D eigenvalue weighted by Gasteiger charge is -2.25. The predicted octanol–water partition coefficient (Wildman–Crippen LogP) is 3.14. The first kappa shape index (κ1) is 15.7. The maximum absolute atomic E-state index is 9.80. The van der Waals surface area contributed by atoms with Gasteiger partial charge in [-0.15, -0.1) is 0 Å². The fraction of sp³-hybridized carbons (Fsp3) is 0.857. The molecule has 0 saturated heterocycles. The maximum atomic E-state index is 9.80. The van der Waals surface area contributed by atoms with Gasteiger partial charge in [0.25, 0.3) is 0 Å². The van der Waals surface area contributed by atoms with Gasteiger partial charge in [-0.1, -0.05) is 53.7 Å². The van der Waals surface area contributed by atoms with Crippen molar-refractivity contribution in [1.29, 1.82) is 0 Å². The molecule has 0 spiro atoms. The number of aliphatic hydroxyl groups excluding tert-OH is 2. The third kappa shape index (κ3) is 6.29. The summed E-state index contributed by atoms with van der Waals surface area (Å²) in [6, 6.07) is 0. The van der Waals surface area contributed by atoms with Gasteiger partial charge in [0.2, 0.25) is 0 Å². The van der Waals surface area contributed by atoms with Crippen molar-refractivity contribution in [2.45, 2.75) is 66.6 Å². The van der Waals surface area contributed by atoms with Crippen molar-refractivity contribution in [3.63, 3.8) is 0 Å². The van der Waals surface area contributed by atoms with E-state index in [0.717, 1.165) is 0 Å². The highest BCUT2D eigenvalue weighted by Crippen LogP contribution is 2.23. The van der Waals surface area contributed by atoms with Crippen LogP contribution in [0.5, 0.6) is 0 Å². The monoisotopic (exact) mass is 228 g/mol. The van der Waals surface area contributed by atoms with E-state index in [9.17, 15) is 10.2 Å². The van der Waals surface area contributed by atoms with Crippen LogP contribution in [0.25, 0.3) is 0 Å². The molecule has 0 saturated carbocycles. The van der Waals surface area contributed by atoms with Crippen LogP contribution < -0.4 is 0 Å². The van der Waals surface area contributed by atoms with E-state index in [4.69, 9.17) is 0 Å². The summed E-state index contributed by atoms with van der Waals surface area (Å²) < 4.78 is 0. The number of hydrogen-bond acceptors (Lipinski definition) is 2. The molecule has 0 aromatic rings. The zero-order valence-corrected chi connectivity index (χ0v) is 11.6. The Bertz CT molecular complexity index is 194. The van der Waals surface area contributed by atoms with E-state index in [-0.39, 0.29) is 23.0 Å². The van der Waals surface area contributed by atoms with Gasteiger partial charge in [0.1, 0.15) is 0 Å². The summed E-state index contributed by atoms with van der Waals surface area (Å²) in [7, 11) is 0. The molecule has 0 radical (unpaired) electrons. The molecule has 2 heteroatoms. The lowest BCUT2D eigenvalue weighted by molar-refractivity contribution is 0.0626. The highest BCUT2D eigenvalue weighted by Gasteiger charge is 2.21. The molecule has 0 aromatic carbocycles. The highest BCUT2D eigenvalue weighted by atomic mass is 16.3. The van der Waals surface area contributed by atoms with Crippen molar-refractivity contribution in [2.24, 2.45) is 10.8 Å². The summed E-state index contributed by atoms with van der Waals surface area (Å²) in [5.74, 6) is 0. The van der Waals surface area contributed by atoms with Crippen molar-refractivity contribution < 1.29 is 10.2 Å². The maximum Gasteiger partial charge on any atom is 0.0622 e.